The van der Waals surface area contributed by atoms with Crippen molar-refractivity contribution in [3.05, 3.63) is 71.5 Å². The Labute approximate surface area is 155 Å². The molecule has 134 valence electrons. The predicted molar refractivity (Wildman–Crippen MR) is 102 cm³/mol. The fourth-order valence-electron chi connectivity index (χ4n) is 3.67. The molecular formula is C21H18N4O2. The van der Waals surface area contributed by atoms with E-state index in [-0.39, 0.29) is 12.3 Å². The van der Waals surface area contributed by atoms with Crippen LogP contribution in [0.2, 0.25) is 0 Å². The van der Waals surface area contributed by atoms with Crippen molar-refractivity contribution in [2.45, 2.75) is 25.7 Å². The maximum Gasteiger partial charge on any atom is 0.231 e. The Morgan fingerprint density at radius 2 is 1.89 bits per heavy atom. The minimum absolute atomic E-state index is 0.124. The number of amides is 1. The van der Waals surface area contributed by atoms with E-state index in [1.807, 2.05) is 59.3 Å². The van der Waals surface area contributed by atoms with E-state index in [1.165, 1.54) is 0 Å². The first-order valence-electron chi connectivity index (χ1n) is 9.09. The monoisotopic (exact) mass is 358 g/mol. The zero-order chi connectivity index (χ0) is 18.2. The van der Waals surface area contributed by atoms with Gasteiger partial charge in [-0.05, 0) is 43.5 Å². The van der Waals surface area contributed by atoms with E-state index in [1.54, 1.807) is 0 Å². The van der Waals surface area contributed by atoms with Crippen molar-refractivity contribution in [2.24, 2.45) is 0 Å². The average molecular weight is 358 g/mol. The van der Waals surface area contributed by atoms with Gasteiger partial charge in [-0.25, -0.2) is 4.68 Å². The number of carbonyl (C=O) groups is 1. The van der Waals surface area contributed by atoms with Crippen LogP contribution in [0.3, 0.4) is 0 Å². The molecule has 2 aromatic carbocycles. The van der Waals surface area contributed by atoms with Gasteiger partial charge in [0.25, 0.3) is 0 Å². The molecule has 1 aliphatic carbocycles. The Morgan fingerprint density at radius 3 is 2.78 bits per heavy atom. The van der Waals surface area contributed by atoms with Gasteiger partial charge in [-0.15, -0.1) is 0 Å². The van der Waals surface area contributed by atoms with E-state index in [4.69, 9.17) is 9.62 Å². The summed E-state index contributed by atoms with van der Waals surface area (Å²) in [5.41, 5.74) is 4.48. The number of rotatable bonds is 4. The van der Waals surface area contributed by atoms with Gasteiger partial charge in [-0.1, -0.05) is 35.5 Å². The van der Waals surface area contributed by atoms with Crippen LogP contribution in [0, 0.1) is 0 Å². The molecule has 1 amide bonds. The zero-order valence-electron chi connectivity index (χ0n) is 14.7. The average Bonchev–Trinajstić information content (AvgIpc) is 3.39. The molecule has 0 saturated carbocycles. The Morgan fingerprint density at radius 1 is 1.07 bits per heavy atom. The molecule has 6 nitrogen and oxygen atoms in total. The third kappa shape index (κ3) is 2.79. The van der Waals surface area contributed by atoms with E-state index in [0.717, 1.165) is 47.4 Å². The Hall–Kier alpha value is -3.41. The molecule has 6 heteroatoms. The summed E-state index contributed by atoms with van der Waals surface area (Å²) in [4.78, 5) is 12.8. The van der Waals surface area contributed by atoms with Crippen LogP contribution < -0.4 is 5.32 Å². The number of nitrogens with one attached hydrogen (secondary N) is 1. The summed E-state index contributed by atoms with van der Waals surface area (Å²) in [7, 11) is 0. The Balaban J connectivity index is 1.46. The highest BCUT2D eigenvalue weighted by atomic mass is 16.5. The van der Waals surface area contributed by atoms with E-state index >= 15 is 0 Å². The third-order valence-corrected chi connectivity index (χ3v) is 4.95. The van der Waals surface area contributed by atoms with Gasteiger partial charge in [0.2, 0.25) is 5.91 Å². The number of para-hydroxylation sites is 2. The lowest BCUT2D eigenvalue weighted by atomic mass is 10.1. The summed E-state index contributed by atoms with van der Waals surface area (Å²) in [6.45, 7) is 0. The first-order chi connectivity index (χ1) is 13.3. The van der Waals surface area contributed by atoms with Gasteiger partial charge in [0.05, 0.1) is 17.8 Å². The van der Waals surface area contributed by atoms with Crippen LogP contribution in [0.4, 0.5) is 5.82 Å². The number of anilines is 1. The highest BCUT2D eigenvalue weighted by Gasteiger charge is 2.24. The van der Waals surface area contributed by atoms with Crippen molar-refractivity contribution in [1.29, 1.82) is 0 Å². The van der Waals surface area contributed by atoms with Crippen molar-refractivity contribution in [3.8, 4) is 5.69 Å². The Kier molecular flexibility index (Phi) is 3.74. The normalized spacial score (nSPS) is 13.0. The van der Waals surface area contributed by atoms with Crippen LogP contribution in [0.1, 0.15) is 23.4 Å². The summed E-state index contributed by atoms with van der Waals surface area (Å²) in [6, 6.07) is 17.4. The van der Waals surface area contributed by atoms with E-state index in [2.05, 4.69) is 10.5 Å². The number of fused-ring (bicyclic) bond motifs is 2. The number of hydrogen-bond donors (Lipinski definition) is 1. The van der Waals surface area contributed by atoms with Gasteiger partial charge in [0.15, 0.2) is 5.58 Å². The largest absolute Gasteiger partial charge is 0.356 e. The number of aryl methyl sites for hydroxylation is 1. The second kappa shape index (κ2) is 6.39. The van der Waals surface area contributed by atoms with Crippen molar-refractivity contribution in [2.75, 3.05) is 5.32 Å². The summed E-state index contributed by atoms with van der Waals surface area (Å²) >= 11 is 0. The van der Waals surface area contributed by atoms with Crippen molar-refractivity contribution in [3.63, 3.8) is 0 Å². The molecule has 0 aliphatic heterocycles. The first kappa shape index (κ1) is 15.8. The van der Waals surface area contributed by atoms with Gasteiger partial charge in [-0.3, -0.25) is 4.79 Å². The summed E-state index contributed by atoms with van der Waals surface area (Å²) in [6.07, 6.45) is 3.12. The Bertz CT molecular complexity index is 1130. The minimum atomic E-state index is -0.124. The van der Waals surface area contributed by atoms with E-state index in [0.29, 0.717) is 11.3 Å². The van der Waals surface area contributed by atoms with Crippen molar-refractivity contribution >= 4 is 22.7 Å². The van der Waals surface area contributed by atoms with Gasteiger partial charge in [-0.2, -0.15) is 5.10 Å². The van der Waals surface area contributed by atoms with E-state index in [9.17, 15) is 4.79 Å². The lowest BCUT2D eigenvalue weighted by Crippen LogP contribution is -2.18. The number of carbonyl (C=O) groups excluding carboxylic acids is 1. The third-order valence-electron chi connectivity index (χ3n) is 4.95. The van der Waals surface area contributed by atoms with Crippen LogP contribution >= 0.6 is 0 Å². The molecule has 1 N–H and O–H groups in total. The molecule has 0 saturated heterocycles. The quantitative estimate of drug-likeness (QED) is 0.604. The molecule has 2 aromatic heterocycles. The first-order valence-corrected chi connectivity index (χ1v) is 9.09. The molecule has 27 heavy (non-hydrogen) atoms. The molecule has 0 fully saturated rings. The smallest absolute Gasteiger partial charge is 0.231 e. The molecule has 0 radical (unpaired) electrons. The van der Waals surface area contributed by atoms with Crippen LogP contribution in [0.15, 0.2) is 59.1 Å². The van der Waals surface area contributed by atoms with Gasteiger partial charge >= 0.3 is 0 Å². The van der Waals surface area contributed by atoms with E-state index < -0.39 is 0 Å². The number of aromatic nitrogens is 3. The minimum Gasteiger partial charge on any atom is -0.356 e. The number of nitrogens with zero attached hydrogens (tertiary/aromatic N) is 3. The highest BCUT2D eigenvalue weighted by molar-refractivity contribution is 5.95. The topological polar surface area (TPSA) is 73.0 Å². The SMILES string of the molecule is O=C(Cc1noc2ccccc12)Nc1c2c(nn1-c1ccccc1)CCC2. The molecule has 0 spiro atoms. The standard InChI is InChI=1S/C21H18N4O2/c26-20(13-18-15-9-4-5-12-19(15)27-24-18)22-21-16-10-6-11-17(16)23-25(21)14-7-2-1-3-8-14/h1-5,7-9,12H,6,10-11,13H2,(H,22,26). The predicted octanol–water partition coefficient (Wildman–Crippen LogP) is 3.68. The number of hydrogen-bond acceptors (Lipinski definition) is 4. The second-order valence-corrected chi connectivity index (χ2v) is 6.73. The number of benzene rings is 2. The summed E-state index contributed by atoms with van der Waals surface area (Å²) < 4.78 is 7.14. The van der Waals surface area contributed by atoms with Crippen LogP contribution in [-0.2, 0) is 24.1 Å². The van der Waals surface area contributed by atoms with Gasteiger partial charge in [0.1, 0.15) is 11.5 Å². The fourth-order valence-corrected chi connectivity index (χ4v) is 3.67. The van der Waals surface area contributed by atoms with Crippen LogP contribution in [-0.4, -0.2) is 20.8 Å². The maximum atomic E-state index is 12.8. The summed E-state index contributed by atoms with van der Waals surface area (Å²) in [5, 5.41) is 12.7. The maximum absolute atomic E-state index is 12.8. The lowest BCUT2D eigenvalue weighted by molar-refractivity contribution is -0.115. The van der Waals surface area contributed by atoms with Crippen LogP contribution in [0.5, 0.6) is 0 Å². The molecule has 2 heterocycles. The van der Waals surface area contributed by atoms with Crippen molar-refractivity contribution < 1.29 is 9.32 Å². The van der Waals surface area contributed by atoms with Gasteiger partial charge in [0, 0.05) is 10.9 Å². The second-order valence-electron chi connectivity index (χ2n) is 6.73. The zero-order valence-corrected chi connectivity index (χ0v) is 14.7. The molecule has 1 aliphatic rings. The fraction of sp³-hybridized carbons (Fsp3) is 0.190. The lowest BCUT2D eigenvalue weighted by Gasteiger charge is -2.10. The molecule has 0 atom stereocenters. The molecule has 5 rings (SSSR count). The molecule has 0 unspecified atom stereocenters. The molecule has 0 bridgehead atoms. The van der Waals surface area contributed by atoms with Crippen LogP contribution in [0.25, 0.3) is 16.7 Å². The van der Waals surface area contributed by atoms with Crippen molar-refractivity contribution in [1.82, 2.24) is 14.9 Å². The molecular weight excluding hydrogens is 340 g/mol. The molecule has 4 aromatic rings. The highest BCUT2D eigenvalue weighted by Crippen LogP contribution is 2.31. The van der Waals surface area contributed by atoms with Gasteiger partial charge < -0.3 is 9.84 Å². The summed E-state index contributed by atoms with van der Waals surface area (Å²) in [5.74, 6) is 0.646.